The molecule has 0 radical (unpaired) electrons. The normalized spacial score (nSPS) is 31.4. The van der Waals surface area contributed by atoms with Crippen LogP contribution in [0.25, 0.3) is 0 Å². The van der Waals surface area contributed by atoms with Gasteiger partial charge in [0, 0.05) is 6.04 Å². The zero-order valence-corrected chi connectivity index (χ0v) is 9.73. The number of rotatable bonds is 2. The summed E-state index contributed by atoms with van der Waals surface area (Å²) >= 11 is 0. The van der Waals surface area contributed by atoms with E-state index in [1.54, 1.807) is 12.1 Å². The van der Waals surface area contributed by atoms with E-state index in [2.05, 4.69) is 5.32 Å². The van der Waals surface area contributed by atoms with Crippen LogP contribution >= 0.6 is 0 Å². The maximum atomic E-state index is 10.8. The van der Waals surface area contributed by atoms with E-state index >= 15 is 0 Å². The second kappa shape index (κ2) is 4.15. The van der Waals surface area contributed by atoms with Crippen molar-refractivity contribution in [1.29, 1.82) is 0 Å². The van der Waals surface area contributed by atoms with E-state index in [0.717, 1.165) is 18.4 Å². The van der Waals surface area contributed by atoms with Gasteiger partial charge in [0.1, 0.15) is 0 Å². The molecule has 17 heavy (non-hydrogen) atoms. The summed E-state index contributed by atoms with van der Waals surface area (Å²) in [6.07, 6.45) is 4.01. The number of carboxylic acids is 1. The standard InChI is InChI=1S/C14H17NO2/c16-14(17)10-6-4-9(5-7-10)13-12-3-1-2-11(12)8-15-13/h4-7,11-13,15H,1-3,8H2,(H,16,17). The van der Waals surface area contributed by atoms with E-state index < -0.39 is 5.97 Å². The molecule has 1 heterocycles. The van der Waals surface area contributed by atoms with Gasteiger partial charge in [-0.1, -0.05) is 18.6 Å². The highest BCUT2D eigenvalue weighted by atomic mass is 16.4. The number of hydrogen-bond acceptors (Lipinski definition) is 2. The molecule has 1 aliphatic heterocycles. The van der Waals surface area contributed by atoms with Crippen LogP contribution in [0.4, 0.5) is 0 Å². The SMILES string of the molecule is O=C(O)c1ccc(C2NCC3CCCC32)cc1. The lowest BCUT2D eigenvalue weighted by atomic mass is 9.89. The molecule has 1 saturated carbocycles. The molecule has 3 unspecified atom stereocenters. The fourth-order valence-electron chi connectivity index (χ4n) is 3.39. The number of carbonyl (C=O) groups is 1. The lowest BCUT2D eigenvalue weighted by Gasteiger charge is -2.18. The van der Waals surface area contributed by atoms with Crippen molar-refractivity contribution in [3.63, 3.8) is 0 Å². The van der Waals surface area contributed by atoms with E-state index in [4.69, 9.17) is 5.11 Å². The summed E-state index contributed by atoms with van der Waals surface area (Å²) < 4.78 is 0. The van der Waals surface area contributed by atoms with E-state index in [-0.39, 0.29) is 0 Å². The van der Waals surface area contributed by atoms with Crippen molar-refractivity contribution in [2.45, 2.75) is 25.3 Å². The van der Waals surface area contributed by atoms with Gasteiger partial charge < -0.3 is 10.4 Å². The van der Waals surface area contributed by atoms with Gasteiger partial charge in [0.05, 0.1) is 5.56 Å². The summed E-state index contributed by atoms with van der Waals surface area (Å²) in [5.74, 6) is 0.736. The lowest BCUT2D eigenvalue weighted by molar-refractivity contribution is 0.0697. The summed E-state index contributed by atoms with van der Waals surface area (Å²) in [4.78, 5) is 10.8. The third-order valence-electron chi connectivity index (χ3n) is 4.26. The highest BCUT2D eigenvalue weighted by Gasteiger charge is 2.39. The molecule has 2 aliphatic rings. The Kier molecular flexibility index (Phi) is 2.63. The van der Waals surface area contributed by atoms with Gasteiger partial charge in [-0.25, -0.2) is 4.79 Å². The largest absolute Gasteiger partial charge is 0.478 e. The molecule has 3 atom stereocenters. The molecule has 1 aromatic carbocycles. The number of nitrogens with one attached hydrogen (secondary N) is 1. The first kappa shape index (κ1) is 10.8. The molecule has 1 aromatic rings. The topological polar surface area (TPSA) is 49.3 Å². The van der Waals surface area contributed by atoms with Gasteiger partial charge in [-0.15, -0.1) is 0 Å². The van der Waals surface area contributed by atoms with Crippen molar-refractivity contribution in [3.05, 3.63) is 35.4 Å². The van der Waals surface area contributed by atoms with Crippen LogP contribution in [0.1, 0.15) is 41.2 Å². The van der Waals surface area contributed by atoms with E-state index in [9.17, 15) is 4.79 Å². The Bertz CT molecular complexity index is 426. The van der Waals surface area contributed by atoms with Crippen molar-refractivity contribution >= 4 is 5.97 Å². The first-order valence-corrected chi connectivity index (χ1v) is 6.32. The maximum absolute atomic E-state index is 10.8. The predicted octanol–water partition coefficient (Wildman–Crippen LogP) is 2.45. The number of carboxylic acid groups (broad SMARTS) is 1. The number of hydrogen-bond donors (Lipinski definition) is 2. The minimum Gasteiger partial charge on any atom is -0.478 e. The van der Waals surface area contributed by atoms with Crippen LogP contribution in [0.3, 0.4) is 0 Å². The van der Waals surface area contributed by atoms with Gasteiger partial charge in [0.2, 0.25) is 0 Å². The fraction of sp³-hybridized carbons (Fsp3) is 0.500. The molecule has 2 fully saturated rings. The Hall–Kier alpha value is -1.35. The molecule has 1 saturated heterocycles. The van der Waals surface area contributed by atoms with Gasteiger partial charge in [-0.05, 0) is 48.9 Å². The van der Waals surface area contributed by atoms with Crippen molar-refractivity contribution < 1.29 is 9.90 Å². The summed E-state index contributed by atoms with van der Waals surface area (Å²) in [5, 5.41) is 12.5. The third kappa shape index (κ3) is 1.84. The Balaban J connectivity index is 1.82. The number of aromatic carboxylic acids is 1. The summed E-state index contributed by atoms with van der Waals surface area (Å²) in [6.45, 7) is 1.12. The second-order valence-electron chi connectivity index (χ2n) is 5.17. The maximum Gasteiger partial charge on any atom is 0.335 e. The molecule has 0 spiro atoms. The summed E-state index contributed by atoms with van der Waals surface area (Å²) in [6, 6.07) is 7.78. The van der Waals surface area contributed by atoms with E-state index in [1.807, 2.05) is 12.1 Å². The van der Waals surface area contributed by atoms with Gasteiger partial charge >= 0.3 is 5.97 Å². The molecule has 2 N–H and O–H groups in total. The quantitative estimate of drug-likeness (QED) is 0.822. The average Bonchev–Trinajstić information content (AvgIpc) is 2.90. The van der Waals surface area contributed by atoms with Crippen LogP contribution in [0.2, 0.25) is 0 Å². The third-order valence-corrected chi connectivity index (χ3v) is 4.26. The molecular weight excluding hydrogens is 214 g/mol. The monoisotopic (exact) mass is 231 g/mol. The Morgan fingerprint density at radius 1 is 1.24 bits per heavy atom. The van der Waals surface area contributed by atoms with Crippen LogP contribution in [0, 0.1) is 11.8 Å². The molecule has 1 aliphatic carbocycles. The fourth-order valence-corrected chi connectivity index (χ4v) is 3.39. The first-order chi connectivity index (χ1) is 8.25. The van der Waals surface area contributed by atoms with Crippen molar-refractivity contribution in [1.82, 2.24) is 5.32 Å². The van der Waals surface area contributed by atoms with Crippen LogP contribution in [0.5, 0.6) is 0 Å². The summed E-state index contributed by atoms with van der Waals surface area (Å²) in [5.41, 5.74) is 1.61. The lowest BCUT2D eigenvalue weighted by Crippen LogP contribution is -2.17. The Morgan fingerprint density at radius 2 is 2.00 bits per heavy atom. The number of fused-ring (bicyclic) bond motifs is 1. The predicted molar refractivity (Wildman–Crippen MR) is 65.0 cm³/mol. The van der Waals surface area contributed by atoms with Gasteiger partial charge in [-0.2, -0.15) is 0 Å². The zero-order valence-electron chi connectivity index (χ0n) is 9.73. The highest BCUT2D eigenvalue weighted by molar-refractivity contribution is 5.87. The van der Waals surface area contributed by atoms with Gasteiger partial charge in [0.15, 0.2) is 0 Å². The molecule has 90 valence electrons. The van der Waals surface area contributed by atoms with Crippen LogP contribution in [0.15, 0.2) is 24.3 Å². The minimum absolute atomic E-state index is 0.370. The Morgan fingerprint density at radius 3 is 2.71 bits per heavy atom. The first-order valence-electron chi connectivity index (χ1n) is 6.32. The minimum atomic E-state index is -0.852. The van der Waals surface area contributed by atoms with Crippen molar-refractivity contribution in [2.24, 2.45) is 11.8 Å². The van der Waals surface area contributed by atoms with Gasteiger partial charge in [-0.3, -0.25) is 0 Å². The zero-order chi connectivity index (χ0) is 11.8. The van der Waals surface area contributed by atoms with Gasteiger partial charge in [0.25, 0.3) is 0 Å². The molecule has 3 rings (SSSR count). The molecule has 0 aromatic heterocycles. The van der Waals surface area contributed by atoms with Crippen molar-refractivity contribution in [2.75, 3.05) is 6.54 Å². The average molecular weight is 231 g/mol. The smallest absolute Gasteiger partial charge is 0.335 e. The Labute approximate surface area is 101 Å². The number of benzene rings is 1. The van der Waals surface area contributed by atoms with E-state index in [0.29, 0.717) is 11.6 Å². The highest BCUT2D eigenvalue weighted by Crippen LogP contribution is 2.44. The van der Waals surface area contributed by atoms with Crippen LogP contribution in [-0.2, 0) is 0 Å². The van der Waals surface area contributed by atoms with Crippen molar-refractivity contribution in [3.8, 4) is 0 Å². The van der Waals surface area contributed by atoms with Crippen LogP contribution < -0.4 is 5.32 Å². The second-order valence-corrected chi connectivity index (χ2v) is 5.17. The molecule has 3 nitrogen and oxygen atoms in total. The van der Waals surface area contributed by atoms with E-state index in [1.165, 1.54) is 24.8 Å². The molecule has 3 heteroatoms. The molecule has 0 amide bonds. The molecule has 0 bridgehead atoms. The van der Waals surface area contributed by atoms with Crippen LogP contribution in [-0.4, -0.2) is 17.6 Å². The summed E-state index contributed by atoms with van der Waals surface area (Å²) in [7, 11) is 0. The molecular formula is C14H17NO2.